The van der Waals surface area contributed by atoms with Crippen LogP contribution in [0.1, 0.15) is 40.9 Å². The van der Waals surface area contributed by atoms with Gasteiger partial charge in [0.1, 0.15) is 35.2 Å². The summed E-state index contributed by atoms with van der Waals surface area (Å²) in [5.41, 5.74) is 5.24. The molecule has 0 radical (unpaired) electrons. The van der Waals surface area contributed by atoms with Gasteiger partial charge in [0.2, 0.25) is 17.5 Å². The number of aliphatic hydroxyl groups excluding tert-OH is 1. The first kappa shape index (κ1) is 42.1. The Labute approximate surface area is 347 Å². The number of carbonyl (C=O) groups excluding carboxylic acids is 1. The van der Waals surface area contributed by atoms with Crippen molar-refractivity contribution in [1.29, 1.82) is 0 Å². The Morgan fingerprint density at radius 2 is 1.86 bits per heavy atom. The number of primary amides is 1. The fourth-order valence-electron chi connectivity index (χ4n) is 7.74. The molecule has 3 aromatic carbocycles. The minimum absolute atomic E-state index is 0.00591. The highest BCUT2D eigenvalue weighted by atomic mass is 33.1. The first-order valence-corrected chi connectivity index (χ1v) is 21.5. The van der Waals surface area contributed by atoms with Crippen molar-refractivity contribution in [3.05, 3.63) is 124 Å². The molecule has 1 amide bonds. The molecule has 0 spiro atoms. The zero-order chi connectivity index (χ0) is 41.7. The topological polar surface area (TPSA) is 227 Å². The minimum Gasteiger partial charge on any atom is -0.508 e. The fraction of sp³-hybridized carbons (Fsp3) is 0.326. The molecule has 2 aliphatic heterocycles. The number of nitrogens with two attached hydrogens (primary N) is 1. The number of hydrogen-bond donors (Lipinski definition) is 7. The number of aliphatic hydroxyl groups is 2. The predicted octanol–water partition coefficient (Wildman–Crippen LogP) is 5.34. The van der Waals surface area contributed by atoms with E-state index in [9.17, 15) is 34.8 Å². The molecule has 0 saturated carbocycles. The number of fused-ring (bicyclic) bond motifs is 2. The van der Waals surface area contributed by atoms with Crippen LogP contribution in [0.3, 0.4) is 0 Å². The maximum Gasteiger partial charge on any atom is 0.335 e. The van der Waals surface area contributed by atoms with E-state index < -0.39 is 53.3 Å². The van der Waals surface area contributed by atoms with Gasteiger partial charge in [-0.2, -0.15) is 0 Å². The van der Waals surface area contributed by atoms with E-state index in [1.54, 1.807) is 10.8 Å². The Balaban J connectivity index is 1.20. The first-order chi connectivity index (χ1) is 28.4. The summed E-state index contributed by atoms with van der Waals surface area (Å²) in [5.74, 6) is -1.97. The van der Waals surface area contributed by atoms with Crippen molar-refractivity contribution in [2.45, 2.75) is 49.5 Å². The third-order valence-electron chi connectivity index (χ3n) is 10.9. The summed E-state index contributed by atoms with van der Waals surface area (Å²) in [6.07, 6.45) is 2.08. The Hall–Kier alpha value is -5.07. The van der Waals surface area contributed by atoms with Crippen LogP contribution in [0.25, 0.3) is 28.2 Å². The Kier molecular flexibility index (Phi) is 13.2. The van der Waals surface area contributed by atoms with Gasteiger partial charge in [-0.05, 0) is 77.7 Å². The molecule has 2 aliphatic rings. The Bertz CT molecular complexity index is 2320. The summed E-state index contributed by atoms with van der Waals surface area (Å²) in [5, 5.41) is 47.3. The predicted molar refractivity (Wildman–Crippen MR) is 225 cm³/mol. The number of aliphatic carboxylic acids is 1. The SMILES string of the molecule is CC(CC=Cc1ccccc1)C1CNCC2(O)C(Oc3ccc4c(=O)c(-c5ccc(O)cc5)c(C(N)=O)oc4c3)OC(C(=O)O)C(O)C2OCSSCC1c1cc[nH]c1. The molecule has 16 heteroatoms. The van der Waals surface area contributed by atoms with Gasteiger partial charge in [-0.3, -0.25) is 9.59 Å². The van der Waals surface area contributed by atoms with Crippen LogP contribution in [-0.4, -0.2) is 92.3 Å². The highest BCUT2D eigenvalue weighted by Gasteiger charge is 2.59. The van der Waals surface area contributed by atoms with Gasteiger partial charge >= 0.3 is 5.97 Å². The van der Waals surface area contributed by atoms with Crippen LogP contribution in [0.4, 0.5) is 0 Å². The van der Waals surface area contributed by atoms with E-state index in [1.807, 2.05) is 42.7 Å². The van der Waals surface area contributed by atoms with Crippen molar-refractivity contribution in [2.24, 2.45) is 17.6 Å². The van der Waals surface area contributed by atoms with Gasteiger partial charge in [0.15, 0.2) is 11.7 Å². The van der Waals surface area contributed by atoms with Crippen LogP contribution >= 0.6 is 21.6 Å². The normalized spacial score (nSPS) is 26.0. The molecule has 8 unspecified atom stereocenters. The fourth-order valence-corrected chi connectivity index (χ4v) is 9.79. The van der Waals surface area contributed by atoms with Crippen molar-refractivity contribution in [3.63, 3.8) is 0 Å². The van der Waals surface area contributed by atoms with Crippen molar-refractivity contribution in [2.75, 3.05) is 24.8 Å². The molecule has 5 aromatic rings. The van der Waals surface area contributed by atoms with E-state index in [0.717, 1.165) is 23.3 Å². The molecule has 4 heterocycles. The molecule has 310 valence electrons. The number of benzene rings is 3. The number of ether oxygens (including phenoxy) is 3. The molecule has 8 atom stereocenters. The number of nitrogens with one attached hydrogen (secondary N) is 2. The molecular weight excluding hydrogens is 799 g/mol. The smallest absolute Gasteiger partial charge is 0.335 e. The summed E-state index contributed by atoms with van der Waals surface area (Å²) >= 11 is 0. The lowest BCUT2D eigenvalue weighted by Crippen LogP contribution is -2.72. The van der Waals surface area contributed by atoms with Crippen LogP contribution < -0.4 is 21.2 Å². The second kappa shape index (κ2) is 18.5. The van der Waals surface area contributed by atoms with Gasteiger partial charge < -0.3 is 55.1 Å². The molecule has 7 rings (SSSR count). The number of rotatable bonds is 10. The van der Waals surface area contributed by atoms with Crippen LogP contribution in [0.2, 0.25) is 0 Å². The molecule has 14 nitrogen and oxygen atoms in total. The lowest BCUT2D eigenvalue weighted by molar-refractivity contribution is -0.316. The van der Waals surface area contributed by atoms with E-state index in [0.29, 0.717) is 12.1 Å². The van der Waals surface area contributed by atoms with Gasteiger partial charge in [0, 0.05) is 30.8 Å². The highest BCUT2D eigenvalue weighted by Crippen LogP contribution is 2.41. The quantitative estimate of drug-likeness (QED) is 0.0882. The van der Waals surface area contributed by atoms with Crippen molar-refractivity contribution in [1.82, 2.24) is 10.3 Å². The third-order valence-corrected chi connectivity index (χ3v) is 12.9. The number of amides is 1. The zero-order valence-electron chi connectivity index (χ0n) is 31.9. The van der Waals surface area contributed by atoms with Crippen LogP contribution in [-0.2, 0) is 14.3 Å². The largest absolute Gasteiger partial charge is 0.508 e. The number of carboxylic acid groups (broad SMARTS) is 1. The lowest BCUT2D eigenvalue weighted by Gasteiger charge is -2.48. The number of phenols is 1. The monoisotopic (exact) mass is 843 g/mol. The number of carboxylic acids is 1. The lowest BCUT2D eigenvalue weighted by atomic mass is 9.78. The van der Waals surface area contributed by atoms with Gasteiger partial charge in [-0.1, -0.05) is 83.1 Å². The summed E-state index contributed by atoms with van der Waals surface area (Å²) in [6.45, 7) is 2.37. The van der Waals surface area contributed by atoms with Crippen LogP contribution in [0.15, 0.2) is 107 Å². The van der Waals surface area contributed by atoms with Crippen molar-refractivity contribution in [3.8, 4) is 22.6 Å². The second-order valence-electron chi connectivity index (χ2n) is 14.7. The second-order valence-corrected chi connectivity index (χ2v) is 17.2. The van der Waals surface area contributed by atoms with Crippen LogP contribution in [0, 0.1) is 11.8 Å². The van der Waals surface area contributed by atoms with Crippen molar-refractivity contribution >= 4 is 50.5 Å². The number of aromatic amines is 1. The molecule has 2 saturated heterocycles. The number of β-amino-alcohol motifs (C(OH)–C–C–N with tert-alkyl or cyclic N) is 1. The highest BCUT2D eigenvalue weighted by molar-refractivity contribution is 8.76. The van der Waals surface area contributed by atoms with Crippen LogP contribution in [0.5, 0.6) is 11.5 Å². The van der Waals surface area contributed by atoms with Gasteiger partial charge in [0.05, 0.1) is 10.9 Å². The summed E-state index contributed by atoms with van der Waals surface area (Å²) in [6, 6.07) is 21.8. The molecule has 2 fully saturated rings. The van der Waals surface area contributed by atoms with E-state index in [-0.39, 0.29) is 58.3 Å². The average molecular weight is 844 g/mol. The number of H-pyrrole nitrogens is 1. The number of allylic oxidation sites excluding steroid dienone is 1. The molecule has 59 heavy (non-hydrogen) atoms. The van der Waals surface area contributed by atoms with E-state index >= 15 is 0 Å². The molecule has 2 aromatic heterocycles. The van der Waals surface area contributed by atoms with Crippen molar-refractivity contribution < 1.29 is 48.6 Å². The van der Waals surface area contributed by atoms with E-state index in [4.69, 9.17) is 24.4 Å². The first-order valence-electron chi connectivity index (χ1n) is 19.0. The molecule has 0 bridgehead atoms. The summed E-state index contributed by atoms with van der Waals surface area (Å²) in [4.78, 5) is 41.9. The Morgan fingerprint density at radius 1 is 1.08 bits per heavy atom. The maximum atomic E-state index is 13.8. The zero-order valence-corrected chi connectivity index (χ0v) is 33.6. The average Bonchev–Trinajstić information content (AvgIpc) is 3.75. The number of aromatic hydroxyl groups is 1. The molecule has 0 aliphatic carbocycles. The summed E-state index contributed by atoms with van der Waals surface area (Å²) in [7, 11) is 2.96. The number of phenolic OH excluding ortho intramolecular Hbond substituents is 1. The number of carbonyl (C=O) groups is 2. The standard InChI is InChI=1S/C43H45N3O11S2/c1-24(6-5-9-25-7-3-2-4-8-25)31-20-46-22-43(53)39(54-23-59-58-21-32(31)27-16-17-45-19-27)36(49)38(41(51)52)57-42(43)55-29-14-15-30-33(18-29)56-37(40(44)50)34(35(30)48)26-10-12-28(47)13-11-26/h2-5,7-19,24,31-32,36,38-39,42,45-47,49,53H,6,20-23H2,1H3,(H2,44,50)(H,51,52). The van der Waals surface area contributed by atoms with Gasteiger partial charge in [-0.25, -0.2) is 4.79 Å². The molecule has 8 N–H and O–H groups in total. The Morgan fingerprint density at radius 3 is 2.58 bits per heavy atom. The summed E-state index contributed by atoms with van der Waals surface area (Å²) < 4.78 is 24.0. The van der Waals surface area contributed by atoms with E-state index in [1.165, 1.54) is 53.3 Å². The van der Waals surface area contributed by atoms with Gasteiger partial charge in [-0.15, -0.1) is 0 Å². The van der Waals surface area contributed by atoms with Gasteiger partial charge in [0.25, 0.3) is 5.91 Å². The third kappa shape index (κ3) is 9.23. The number of aromatic nitrogens is 1. The molecular formula is C43H45N3O11S2. The number of hydrogen-bond acceptors (Lipinski definition) is 13. The van der Waals surface area contributed by atoms with E-state index in [2.05, 4.69) is 35.4 Å². The maximum absolute atomic E-state index is 13.8. The minimum atomic E-state index is -2.17.